The highest BCUT2D eigenvalue weighted by atomic mass is 32.1. The number of aromatic amines is 1. The first-order chi connectivity index (χ1) is 15.1. The highest BCUT2D eigenvalue weighted by molar-refractivity contribution is 7.71. The van der Waals surface area contributed by atoms with Crippen molar-refractivity contribution < 1.29 is 19.0 Å². The summed E-state index contributed by atoms with van der Waals surface area (Å²) in [5.41, 5.74) is 1.70. The van der Waals surface area contributed by atoms with Crippen molar-refractivity contribution in [3.63, 3.8) is 0 Å². The van der Waals surface area contributed by atoms with Crippen LogP contribution >= 0.6 is 12.2 Å². The minimum atomic E-state index is -0.248. The maximum atomic E-state index is 12.9. The average Bonchev–Trinajstić information content (AvgIpc) is 3.46. The molecule has 2 aliphatic heterocycles. The second-order valence-electron chi connectivity index (χ2n) is 7.61. The van der Waals surface area contributed by atoms with E-state index in [2.05, 4.69) is 10.3 Å². The van der Waals surface area contributed by atoms with Crippen molar-refractivity contribution in [3.05, 3.63) is 62.6 Å². The van der Waals surface area contributed by atoms with Gasteiger partial charge in [0.2, 0.25) is 6.79 Å². The minimum absolute atomic E-state index is 0.00600. The number of nitrogens with zero attached hydrogens (tertiary/aromatic N) is 1. The summed E-state index contributed by atoms with van der Waals surface area (Å²) in [6.07, 6.45) is 1.92. The first kappa shape index (κ1) is 19.8. The molecule has 1 saturated heterocycles. The van der Waals surface area contributed by atoms with Gasteiger partial charge in [-0.2, -0.15) is 0 Å². The van der Waals surface area contributed by atoms with Gasteiger partial charge in [-0.05, 0) is 61.0 Å². The lowest BCUT2D eigenvalue weighted by Crippen LogP contribution is -2.28. The Balaban J connectivity index is 1.34. The van der Waals surface area contributed by atoms with Gasteiger partial charge >= 0.3 is 0 Å². The smallest absolute Gasteiger partial charge is 0.262 e. The zero-order valence-electron chi connectivity index (χ0n) is 16.7. The van der Waals surface area contributed by atoms with Crippen molar-refractivity contribution in [3.8, 4) is 11.5 Å². The molecule has 3 heterocycles. The highest BCUT2D eigenvalue weighted by Gasteiger charge is 2.19. The van der Waals surface area contributed by atoms with Crippen LogP contribution in [0.2, 0.25) is 0 Å². The molecule has 8 nitrogen and oxygen atoms in total. The quantitative estimate of drug-likeness (QED) is 0.594. The molecule has 3 aromatic rings. The van der Waals surface area contributed by atoms with E-state index in [0.717, 1.165) is 18.4 Å². The van der Waals surface area contributed by atoms with E-state index in [-0.39, 0.29) is 24.4 Å². The molecule has 1 aromatic heterocycles. The number of aromatic nitrogens is 2. The fraction of sp³-hybridized carbons (Fsp3) is 0.318. The largest absolute Gasteiger partial charge is 0.454 e. The Bertz CT molecular complexity index is 1280. The van der Waals surface area contributed by atoms with Crippen LogP contribution in [-0.2, 0) is 17.8 Å². The van der Waals surface area contributed by atoms with Gasteiger partial charge in [0.15, 0.2) is 16.3 Å². The fourth-order valence-corrected chi connectivity index (χ4v) is 4.16. The Morgan fingerprint density at radius 1 is 1.19 bits per heavy atom. The number of amides is 1. The maximum Gasteiger partial charge on any atom is 0.262 e. The molecule has 0 spiro atoms. The molecule has 1 fully saturated rings. The van der Waals surface area contributed by atoms with Crippen molar-refractivity contribution in [2.45, 2.75) is 32.0 Å². The third-order valence-corrected chi connectivity index (χ3v) is 5.87. The lowest BCUT2D eigenvalue weighted by atomic mass is 10.1. The second-order valence-corrected chi connectivity index (χ2v) is 8.00. The number of ether oxygens (including phenoxy) is 3. The molecule has 5 rings (SSSR count). The molecule has 1 atom stereocenters. The average molecular weight is 439 g/mol. The summed E-state index contributed by atoms with van der Waals surface area (Å²) in [7, 11) is 0. The SMILES string of the molecule is O=C(NCc1ccc2c(c1)OCO2)c1ccc2c(=O)n(C[C@@H]3CCCO3)c(=S)[nH]c2c1. The Kier molecular flexibility index (Phi) is 5.21. The monoisotopic (exact) mass is 439 g/mol. The Morgan fingerprint density at radius 2 is 2.06 bits per heavy atom. The number of hydrogen-bond donors (Lipinski definition) is 2. The molecule has 0 bridgehead atoms. The normalized spacial score (nSPS) is 17.2. The molecule has 9 heteroatoms. The zero-order chi connectivity index (χ0) is 21.4. The summed E-state index contributed by atoms with van der Waals surface area (Å²) in [4.78, 5) is 28.7. The van der Waals surface area contributed by atoms with Crippen molar-refractivity contribution in [1.29, 1.82) is 0 Å². The van der Waals surface area contributed by atoms with Crippen molar-refractivity contribution >= 4 is 29.0 Å². The molecule has 2 aromatic carbocycles. The van der Waals surface area contributed by atoms with Crippen LogP contribution in [0.5, 0.6) is 11.5 Å². The summed E-state index contributed by atoms with van der Waals surface area (Å²) in [5.74, 6) is 1.12. The van der Waals surface area contributed by atoms with Crippen LogP contribution in [0.1, 0.15) is 28.8 Å². The second kappa shape index (κ2) is 8.16. The summed E-state index contributed by atoms with van der Waals surface area (Å²) in [6, 6.07) is 10.5. The summed E-state index contributed by atoms with van der Waals surface area (Å²) in [5, 5.41) is 3.37. The van der Waals surface area contributed by atoms with E-state index in [1.807, 2.05) is 18.2 Å². The van der Waals surface area contributed by atoms with Gasteiger partial charge in [-0.1, -0.05) is 6.07 Å². The van der Waals surface area contributed by atoms with Crippen molar-refractivity contribution in [2.75, 3.05) is 13.4 Å². The molecule has 0 saturated carbocycles. The number of carbonyl (C=O) groups excluding carboxylic acids is 1. The van der Waals surface area contributed by atoms with Crippen LogP contribution in [0.4, 0.5) is 0 Å². The van der Waals surface area contributed by atoms with E-state index in [4.69, 9.17) is 26.4 Å². The molecule has 160 valence electrons. The first-order valence-corrected chi connectivity index (χ1v) is 10.5. The maximum absolute atomic E-state index is 12.9. The number of H-pyrrole nitrogens is 1. The first-order valence-electron chi connectivity index (χ1n) is 10.1. The lowest BCUT2D eigenvalue weighted by molar-refractivity contribution is 0.0950. The molecule has 0 unspecified atom stereocenters. The Labute approximate surface area is 182 Å². The standard InChI is InChI=1S/C22H21N3O5S/c26-20(23-10-13-3-6-18-19(8-13)30-12-29-18)14-4-5-16-17(9-14)24-22(31)25(21(16)27)11-15-2-1-7-28-15/h3-6,8-9,15H,1-2,7,10-12H2,(H,23,26)(H,24,31)/t15-/m0/s1. The third-order valence-electron chi connectivity index (χ3n) is 5.54. The summed E-state index contributed by atoms with van der Waals surface area (Å²) < 4.78 is 18.2. The molecular weight excluding hydrogens is 418 g/mol. The predicted octanol–water partition coefficient (Wildman–Crippen LogP) is 2.90. The third kappa shape index (κ3) is 3.94. The number of nitrogens with one attached hydrogen (secondary N) is 2. The van der Waals surface area contributed by atoms with E-state index in [9.17, 15) is 9.59 Å². The van der Waals surface area contributed by atoms with Crippen LogP contribution in [0.25, 0.3) is 10.9 Å². The van der Waals surface area contributed by atoms with E-state index >= 15 is 0 Å². The fourth-order valence-electron chi connectivity index (χ4n) is 3.89. The van der Waals surface area contributed by atoms with E-state index < -0.39 is 0 Å². The molecule has 0 aliphatic carbocycles. The topological polar surface area (TPSA) is 94.6 Å². The zero-order valence-corrected chi connectivity index (χ0v) is 17.5. The molecule has 2 aliphatic rings. The highest BCUT2D eigenvalue weighted by Crippen LogP contribution is 2.32. The van der Waals surface area contributed by atoms with Gasteiger partial charge in [0.25, 0.3) is 11.5 Å². The van der Waals surface area contributed by atoms with Crippen LogP contribution in [0.15, 0.2) is 41.2 Å². The lowest BCUT2D eigenvalue weighted by Gasteiger charge is -2.13. The summed E-state index contributed by atoms with van der Waals surface area (Å²) in [6.45, 7) is 1.70. The Hall–Kier alpha value is -3.17. The molecule has 1 amide bonds. The van der Waals surface area contributed by atoms with Crippen LogP contribution < -0.4 is 20.3 Å². The number of carbonyl (C=O) groups is 1. The van der Waals surface area contributed by atoms with Gasteiger partial charge in [0.05, 0.1) is 23.6 Å². The van der Waals surface area contributed by atoms with Crippen LogP contribution in [0.3, 0.4) is 0 Å². The molecule has 2 N–H and O–H groups in total. The predicted molar refractivity (Wildman–Crippen MR) is 116 cm³/mol. The van der Waals surface area contributed by atoms with Gasteiger partial charge in [-0.25, -0.2) is 0 Å². The molecule has 31 heavy (non-hydrogen) atoms. The van der Waals surface area contributed by atoms with Gasteiger partial charge in [-0.3, -0.25) is 14.2 Å². The Morgan fingerprint density at radius 3 is 2.90 bits per heavy atom. The number of fused-ring (bicyclic) bond motifs is 2. The van der Waals surface area contributed by atoms with E-state index in [1.54, 1.807) is 18.2 Å². The number of benzene rings is 2. The van der Waals surface area contributed by atoms with Gasteiger partial charge < -0.3 is 24.5 Å². The van der Waals surface area contributed by atoms with Crippen LogP contribution in [0, 0.1) is 4.77 Å². The van der Waals surface area contributed by atoms with Gasteiger partial charge in [0, 0.05) is 18.7 Å². The van der Waals surface area contributed by atoms with Gasteiger partial charge in [-0.15, -0.1) is 0 Å². The van der Waals surface area contributed by atoms with Crippen molar-refractivity contribution in [1.82, 2.24) is 14.9 Å². The van der Waals surface area contributed by atoms with E-state index in [0.29, 0.717) is 52.4 Å². The van der Waals surface area contributed by atoms with Crippen LogP contribution in [-0.4, -0.2) is 35.0 Å². The van der Waals surface area contributed by atoms with Crippen molar-refractivity contribution in [2.24, 2.45) is 0 Å². The number of hydrogen-bond acceptors (Lipinski definition) is 6. The summed E-state index contributed by atoms with van der Waals surface area (Å²) >= 11 is 5.39. The van der Waals surface area contributed by atoms with Gasteiger partial charge in [0.1, 0.15) is 0 Å². The minimum Gasteiger partial charge on any atom is -0.454 e. The molecule has 0 radical (unpaired) electrons. The number of rotatable bonds is 5. The molecular formula is C22H21N3O5S. The van der Waals surface area contributed by atoms with E-state index in [1.165, 1.54) is 4.57 Å².